The van der Waals surface area contributed by atoms with Crippen LogP contribution in [0.3, 0.4) is 0 Å². The minimum atomic E-state index is -4.96. The molecule has 0 aliphatic rings. The number of esters is 4. The van der Waals surface area contributed by atoms with E-state index >= 15 is 0 Å². The number of hydrogen-bond donors (Lipinski definition) is 3. The van der Waals surface area contributed by atoms with Gasteiger partial charge >= 0.3 is 39.5 Å². The lowest BCUT2D eigenvalue weighted by molar-refractivity contribution is -0.161. The van der Waals surface area contributed by atoms with Crippen molar-refractivity contribution in [3.63, 3.8) is 0 Å². The number of carbonyl (C=O) groups excluding carboxylic acids is 4. The highest BCUT2D eigenvalue weighted by Crippen LogP contribution is 2.45. The number of carbonyl (C=O) groups is 4. The van der Waals surface area contributed by atoms with Crippen molar-refractivity contribution >= 4 is 39.5 Å². The van der Waals surface area contributed by atoms with Gasteiger partial charge in [-0.3, -0.25) is 37.3 Å². The second-order valence-corrected chi connectivity index (χ2v) is 31.3. The van der Waals surface area contributed by atoms with E-state index in [9.17, 15) is 43.2 Å². The lowest BCUT2D eigenvalue weighted by Gasteiger charge is -2.21. The van der Waals surface area contributed by atoms with Crippen LogP contribution in [0.4, 0.5) is 0 Å². The summed E-state index contributed by atoms with van der Waals surface area (Å²) in [6.07, 6.45) is 55.7. The molecular weight excluding hydrogens is 1250 g/mol. The number of unbranched alkanes of at least 4 members (excludes halogenated alkanes) is 45. The Morgan fingerprint density at radius 1 is 0.284 bits per heavy atom. The predicted octanol–water partition coefficient (Wildman–Crippen LogP) is 22.3. The number of aliphatic hydroxyl groups excluding tert-OH is 1. The molecule has 0 radical (unpaired) electrons. The second kappa shape index (κ2) is 67.9. The molecule has 0 aromatic rings. The average Bonchev–Trinajstić information content (AvgIpc) is 1.65. The highest BCUT2D eigenvalue weighted by Gasteiger charge is 2.30. The fourth-order valence-electron chi connectivity index (χ4n) is 11.7. The minimum Gasteiger partial charge on any atom is -0.462 e. The normalized spacial score (nSPS) is 14.0. The molecule has 0 heterocycles. The molecule has 2 unspecified atom stereocenters. The molecule has 0 aromatic carbocycles. The van der Waals surface area contributed by atoms with E-state index in [4.69, 9.17) is 37.0 Å². The Hall–Kier alpha value is -1.94. The van der Waals surface area contributed by atoms with Crippen molar-refractivity contribution in [2.24, 2.45) is 11.8 Å². The van der Waals surface area contributed by atoms with Crippen LogP contribution in [0.5, 0.6) is 0 Å². The molecule has 0 saturated heterocycles. The Bertz CT molecular complexity index is 1840. The van der Waals surface area contributed by atoms with Crippen molar-refractivity contribution in [3.05, 3.63) is 0 Å². The van der Waals surface area contributed by atoms with Crippen LogP contribution in [0.15, 0.2) is 0 Å². The van der Waals surface area contributed by atoms with Crippen molar-refractivity contribution in [2.75, 3.05) is 39.6 Å². The van der Waals surface area contributed by atoms with Crippen LogP contribution >= 0.6 is 15.6 Å². The zero-order valence-corrected chi connectivity index (χ0v) is 63.8. The molecule has 0 saturated carbocycles. The minimum absolute atomic E-state index is 0.104. The summed E-state index contributed by atoms with van der Waals surface area (Å²) in [7, 11) is -9.91. The zero-order valence-electron chi connectivity index (χ0n) is 62.0. The van der Waals surface area contributed by atoms with E-state index in [-0.39, 0.29) is 25.7 Å². The maximum absolute atomic E-state index is 13.1. The van der Waals surface area contributed by atoms with E-state index in [1.54, 1.807) is 0 Å². The quantitative estimate of drug-likeness (QED) is 0.0222. The molecule has 17 nitrogen and oxygen atoms in total. The van der Waals surface area contributed by atoms with Crippen LogP contribution in [-0.4, -0.2) is 96.7 Å². The van der Waals surface area contributed by atoms with E-state index < -0.39 is 97.5 Å². The van der Waals surface area contributed by atoms with Crippen molar-refractivity contribution in [1.29, 1.82) is 0 Å². The number of aliphatic hydroxyl groups is 1. The van der Waals surface area contributed by atoms with Gasteiger partial charge in [-0.1, -0.05) is 343 Å². The Labute approximate surface area is 581 Å². The summed E-state index contributed by atoms with van der Waals surface area (Å²) in [5.74, 6) is -0.702. The van der Waals surface area contributed by atoms with Crippen LogP contribution in [0.2, 0.25) is 0 Å². The summed E-state index contributed by atoms with van der Waals surface area (Å²) in [5.41, 5.74) is 0. The molecule has 0 spiro atoms. The summed E-state index contributed by atoms with van der Waals surface area (Å²) >= 11 is 0. The van der Waals surface area contributed by atoms with Gasteiger partial charge in [-0.2, -0.15) is 0 Å². The molecule has 0 bridgehead atoms. The van der Waals surface area contributed by atoms with E-state index in [0.717, 1.165) is 102 Å². The zero-order chi connectivity index (χ0) is 70.0. The van der Waals surface area contributed by atoms with Crippen molar-refractivity contribution < 1.29 is 80.2 Å². The van der Waals surface area contributed by atoms with E-state index in [1.165, 1.54) is 205 Å². The first-order valence-corrected chi connectivity index (χ1v) is 42.5. The molecule has 0 aliphatic heterocycles. The highest BCUT2D eigenvalue weighted by molar-refractivity contribution is 7.47. The lowest BCUT2D eigenvalue weighted by Crippen LogP contribution is -2.30. The third-order valence-corrected chi connectivity index (χ3v) is 19.6. The van der Waals surface area contributed by atoms with Gasteiger partial charge in [0.2, 0.25) is 0 Å². The van der Waals surface area contributed by atoms with Gasteiger partial charge in [0, 0.05) is 25.7 Å². The van der Waals surface area contributed by atoms with Gasteiger partial charge in [-0.05, 0) is 37.5 Å². The van der Waals surface area contributed by atoms with Crippen LogP contribution in [0.25, 0.3) is 0 Å². The maximum Gasteiger partial charge on any atom is 0.472 e. The second-order valence-electron chi connectivity index (χ2n) is 28.3. The van der Waals surface area contributed by atoms with Gasteiger partial charge in [0.15, 0.2) is 12.2 Å². The largest absolute Gasteiger partial charge is 0.472 e. The topological polar surface area (TPSA) is 237 Å². The number of rotatable bonds is 75. The third kappa shape index (κ3) is 70.3. The first-order valence-electron chi connectivity index (χ1n) is 39.5. The molecule has 19 heteroatoms. The monoisotopic (exact) mass is 1400 g/mol. The molecular formula is C76H148O17P2. The maximum atomic E-state index is 13.1. The summed E-state index contributed by atoms with van der Waals surface area (Å²) in [4.78, 5) is 72.8. The fraction of sp³-hybridized carbons (Fsp3) is 0.947. The van der Waals surface area contributed by atoms with Gasteiger partial charge in [-0.15, -0.1) is 0 Å². The highest BCUT2D eigenvalue weighted by atomic mass is 31.2. The lowest BCUT2D eigenvalue weighted by atomic mass is 10.0. The SMILES string of the molecule is CCCCCCCCCCCCCCCCCCCC(=O)OC[C@H](COP(=O)(O)OC[C@@H](O)COP(=O)(O)OC[C@@H](COC(=O)CCCCCCCCC(C)C)OC(=O)CCCCCCCCCCCC(C)C)OC(=O)CCCCCCCCCCCCCCCCCCC. The number of phosphoric ester groups is 2. The Balaban J connectivity index is 5.23. The standard InChI is InChI=1S/C76H148O17P2/c1-7-9-11-13-15-17-19-21-23-25-27-29-31-35-39-46-52-58-73(78)86-64-71(92-75(80)60-54-48-40-36-32-30-28-26-24-22-20-18-16-14-12-10-8-2)66-90-94(82,83)88-62-70(77)63-89-95(84,85)91-67-72(65-87-74(79)59-53-47-43-42-45-51-57-69(5)6)93-76(81)61-55-49-41-37-33-34-38-44-50-56-68(3)4/h68-72,77H,7-67H2,1-6H3,(H,82,83)(H,84,85)/t70-,71-,72-/m1/s1. The fourth-order valence-corrected chi connectivity index (χ4v) is 13.2. The summed E-state index contributed by atoms with van der Waals surface area (Å²) in [5, 5.41) is 10.6. The number of hydrogen-bond acceptors (Lipinski definition) is 15. The Kier molecular flexibility index (Phi) is 66.5. The van der Waals surface area contributed by atoms with Gasteiger partial charge in [0.1, 0.15) is 19.3 Å². The van der Waals surface area contributed by atoms with E-state index in [2.05, 4.69) is 41.5 Å². The predicted molar refractivity (Wildman–Crippen MR) is 386 cm³/mol. The van der Waals surface area contributed by atoms with Crippen molar-refractivity contribution in [1.82, 2.24) is 0 Å². The average molecular weight is 1400 g/mol. The molecule has 0 aromatic heterocycles. The van der Waals surface area contributed by atoms with Gasteiger partial charge in [0.05, 0.1) is 26.4 Å². The molecule has 564 valence electrons. The summed E-state index contributed by atoms with van der Waals surface area (Å²) in [6.45, 7) is 9.49. The van der Waals surface area contributed by atoms with Gasteiger partial charge in [0.25, 0.3) is 0 Å². The Morgan fingerprint density at radius 2 is 0.484 bits per heavy atom. The molecule has 0 amide bonds. The van der Waals surface area contributed by atoms with E-state index in [0.29, 0.717) is 31.6 Å². The smallest absolute Gasteiger partial charge is 0.462 e. The van der Waals surface area contributed by atoms with Crippen LogP contribution in [-0.2, 0) is 65.4 Å². The summed E-state index contributed by atoms with van der Waals surface area (Å²) < 4.78 is 68.5. The van der Waals surface area contributed by atoms with Crippen molar-refractivity contribution in [3.8, 4) is 0 Å². The molecule has 0 fully saturated rings. The molecule has 0 aliphatic carbocycles. The first-order chi connectivity index (χ1) is 45.9. The van der Waals surface area contributed by atoms with Crippen LogP contribution in [0, 0.1) is 11.8 Å². The molecule has 95 heavy (non-hydrogen) atoms. The van der Waals surface area contributed by atoms with Crippen molar-refractivity contribution in [2.45, 2.75) is 413 Å². The van der Waals surface area contributed by atoms with Gasteiger partial charge < -0.3 is 33.8 Å². The number of ether oxygens (including phenoxy) is 4. The molecule has 5 atom stereocenters. The van der Waals surface area contributed by atoms with Gasteiger partial charge in [-0.25, -0.2) is 9.13 Å². The third-order valence-electron chi connectivity index (χ3n) is 17.7. The Morgan fingerprint density at radius 3 is 0.716 bits per heavy atom. The van der Waals surface area contributed by atoms with E-state index in [1.807, 2.05) is 0 Å². The van der Waals surface area contributed by atoms with Crippen LogP contribution in [0.1, 0.15) is 395 Å². The molecule has 0 rings (SSSR count). The number of phosphoric acid groups is 2. The first kappa shape index (κ1) is 93.1. The molecule has 3 N–H and O–H groups in total. The summed E-state index contributed by atoms with van der Waals surface area (Å²) in [6, 6.07) is 0. The van der Waals surface area contributed by atoms with Crippen LogP contribution < -0.4 is 0 Å².